The zero-order valence-electron chi connectivity index (χ0n) is 13.8. The SMILES string of the molecule is CNCCC1(c2ccc(OC)c(OC)c2)[CH][CH][C](OC)[CH]C1. The number of benzene rings is 1. The molecular formula is C18H25NO3. The van der Waals surface area contributed by atoms with Crippen LogP contribution in [0.15, 0.2) is 18.2 Å². The van der Waals surface area contributed by atoms with E-state index in [1.807, 2.05) is 13.1 Å². The Labute approximate surface area is 134 Å². The van der Waals surface area contributed by atoms with E-state index < -0.39 is 0 Å². The number of nitrogens with one attached hydrogen (secondary N) is 1. The zero-order chi connectivity index (χ0) is 16.0. The van der Waals surface area contributed by atoms with Crippen LogP contribution in [0.25, 0.3) is 0 Å². The van der Waals surface area contributed by atoms with E-state index in [2.05, 4.69) is 36.7 Å². The molecule has 0 bridgehead atoms. The van der Waals surface area contributed by atoms with Crippen LogP contribution in [0.4, 0.5) is 0 Å². The first-order valence-electron chi connectivity index (χ1n) is 7.49. The van der Waals surface area contributed by atoms with E-state index in [-0.39, 0.29) is 5.41 Å². The highest BCUT2D eigenvalue weighted by atomic mass is 16.5. The van der Waals surface area contributed by atoms with Gasteiger partial charge in [-0.1, -0.05) is 6.07 Å². The summed E-state index contributed by atoms with van der Waals surface area (Å²) < 4.78 is 16.1. The van der Waals surface area contributed by atoms with E-state index in [0.29, 0.717) is 0 Å². The van der Waals surface area contributed by atoms with Crippen molar-refractivity contribution in [1.29, 1.82) is 0 Å². The summed E-state index contributed by atoms with van der Waals surface area (Å²) in [7, 11) is 7.00. The first kappa shape index (κ1) is 17.1. The molecule has 0 aromatic heterocycles. The van der Waals surface area contributed by atoms with Crippen LogP contribution in [0.5, 0.6) is 11.5 Å². The van der Waals surface area contributed by atoms with Gasteiger partial charge in [0, 0.05) is 18.9 Å². The fourth-order valence-electron chi connectivity index (χ4n) is 2.85. The average Bonchev–Trinajstić information content (AvgIpc) is 2.59. The molecule has 4 radical (unpaired) electrons. The summed E-state index contributed by atoms with van der Waals surface area (Å²) in [6.45, 7) is 0.939. The molecule has 0 amide bonds. The second kappa shape index (κ2) is 7.84. The van der Waals surface area contributed by atoms with Gasteiger partial charge in [-0.15, -0.1) is 0 Å². The van der Waals surface area contributed by atoms with Crippen molar-refractivity contribution in [3.63, 3.8) is 0 Å². The van der Waals surface area contributed by atoms with Crippen molar-refractivity contribution in [2.24, 2.45) is 0 Å². The summed E-state index contributed by atoms with van der Waals surface area (Å²) in [5.41, 5.74) is 1.17. The van der Waals surface area contributed by atoms with Gasteiger partial charge in [0.2, 0.25) is 0 Å². The number of rotatable bonds is 7. The smallest absolute Gasteiger partial charge is 0.161 e. The molecule has 1 aliphatic rings. The van der Waals surface area contributed by atoms with Crippen molar-refractivity contribution >= 4 is 0 Å². The van der Waals surface area contributed by atoms with Crippen LogP contribution >= 0.6 is 0 Å². The van der Waals surface area contributed by atoms with E-state index in [9.17, 15) is 0 Å². The Morgan fingerprint density at radius 3 is 2.41 bits per heavy atom. The van der Waals surface area contributed by atoms with Crippen molar-refractivity contribution in [3.05, 3.63) is 49.1 Å². The van der Waals surface area contributed by atoms with Crippen molar-refractivity contribution in [2.45, 2.75) is 18.3 Å². The normalized spacial score (nSPS) is 18.2. The molecule has 0 spiro atoms. The van der Waals surface area contributed by atoms with E-state index in [0.717, 1.165) is 37.0 Å². The second-order valence-electron chi connectivity index (χ2n) is 5.43. The van der Waals surface area contributed by atoms with Crippen LogP contribution in [-0.4, -0.2) is 34.9 Å². The highest BCUT2D eigenvalue weighted by Gasteiger charge is 2.38. The molecule has 0 saturated heterocycles. The summed E-state index contributed by atoms with van der Waals surface area (Å²) in [6, 6.07) is 6.16. The highest BCUT2D eigenvalue weighted by Crippen LogP contribution is 2.45. The summed E-state index contributed by atoms with van der Waals surface area (Å²) in [4.78, 5) is 0. The number of ether oxygens (including phenoxy) is 3. The van der Waals surface area contributed by atoms with Gasteiger partial charge in [-0.25, -0.2) is 0 Å². The summed E-state index contributed by atoms with van der Waals surface area (Å²) in [5, 5.41) is 3.24. The molecule has 22 heavy (non-hydrogen) atoms. The zero-order valence-corrected chi connectivity index (χ0v) is 13.8. The molecule has 4 heteroatoms. The van der Waals surface area contributed by atoms with Crippen LogP contribution in [0.3, 0.4) is 0 Å². The minimum Gasteiger partial charge on any atom is -0.493 e. The largest absolute Gasteiger partial charge is 0.493 e. The quantitative estimate of drug-likeness (QED) is 0.841. The molecule has 1 aromatic carbocycles. The van der Waals surface area contributed by atoms with Crippen LogP contribution in [0.1, 0.15) is 18.4 Å². The lowest BCUT2D eigenvalue weighted by Crippen LogP contribution is -2.35. The Bertz CT molecular complexity index is 467. The van der Waals surface area contributed by atoms with Gasteiger partial charge in [0.05, 0.1) is 14.2 Å². The van der Waals surface area contributed by atoms with Gasteiger partial charge in [0.1, 0.15) is 6.10 Å². The Kier molecular flexibility index (Phi) is 6.09. The number of hydrogen-bond donors (Lipinski definition) is 1. The Morgan fingerprint density at radius 2 is 1.86 bits per heavy atom. The minimum atomic E-state index is -0.0510. The maximum Gasteiger partial charge on any atom is 0.161 e. The van der Waals surface area contributed by atoms with Gasteiger partial charge < -0.3 is 19.5 Å². The molecule has 0 aliphatic heterocycles. The highest BCUT2D eigenvalue weighted by molar-refractivity contribution is 5.48. The molecule has 1 aliphatic carbocycles. The molecule has 1 saturated carbocycles. The summed E-state index contributed by atoms with van der Waals surface area (Å²) in [6.07, 6.45) is 9.26. The molecule has 0 heterocycles. The Balaban J connectivity index is 2.29. The summed E-state index contributed by atoms with van der Waals surface area (Å²) in [5.74, 6) is 1.52. The standard InChI is InChI=1S/C18H25NO3/c1-19-12-11-18(9-7-15(20-2)8-10-18)14-5-6-16(21-3)17(13-14)22-4/h5-9,13,19H,10-12H2,1-4H3. The number of hydrogen-bond acceptors (Lipinski definition) is 4. The fraction of sp³-hybridized carbons (Fsp3) is 0.444. The lowest BCUT2D eigenvalue weighted by molar-refractivity contribution is 0.218. The predicted molar refractivity (Wildman–Crippen MR) is 87.5 cm³/mol. The van der Waals surface area contributed by atoms with Gasteiger partial charge in [0.25, 0.3) is 0 Å². The third kappa shape index (κ3) is 3.55. The lowest BCUT2D eigenvalue weighted by atomic mass is 9.66. The van der Waals surface area contributed by atoms with Crippen LogP contribution in [-0.2, 0) is 10.2 Å². The second-order valence-corrected chi connectivity index (χ2v) is 5.43. The Hall–Kier alpha value is -1.26. The fourth-order valence-corrected chi connectivity index (χ4v) is 2.85. The third-order valence-corrected chi connectivity index (χ3v) is 4.25. The minimum absolute atomic E-state index is 0.0510. The molecule has 1 aromatic rings. The molecule has 120 valence electrons. The predicted octanol–water partition coefficient (Wildman–Crippen LogP) is 2.75. The maximum absolute atomic E-state index is 5.45. The van der Waals surface area contributed by atoms with Crippen molar-refractivity contribution in [3.8, 4) is 11.5 Å². The van der Waals surface area contributed by atoms with E-state index in [4.69, 9.17) is 14.2 Å². The Morgan fingerprint density at radius 1 is 1.09 bits per heavy atom. The van der Waals surface area contributed by atoms with Crippen molar-refractivity contribution in [2.75, 3.05) is 34.9 Å². The molecule has 1 N–H and O–H groups in total. The van der Waals surface area contributed by atoms with E-state index in [1.165, 1.54) is 5.56 Å². The maximum atomic E-state index is 5.45. The van der Waals surface area contributed by atoms with Crippen LogP contribution in [0, 0.1) is 25.4 Å². The topological polar surface area (TPSA) is 39.7 Å². The summed E-state index contributed by atoms with van der Waals surface area (Å²) >= 11 is 0. The van der Waals surface area contributed by atoms with Gasteiger partial charge in [-0.05, 0) is 57.0 Å². The average molecular weight is 303 g/mol. The van der Waals surface area contributed by atoms with Crippen molar-refractivity contribution < 1.29 is 14.2 Å². The van der Waals surface area contributed by atoms with Gasteiger partial charge in [-0.3, -0.25) is 0 Å². The molecule has 2 rings (SSSR count). The van der Waals surface area contributed by atoms with Gasteiger partial charge >= 0.3 is 0 Å². The third-order valence-electron chi connectivity index (χ3n) is 4.25. The van der Waals surface area contributed by atoms with E-state index in [1.54, 1.807) is 21.3 Å². The monoisotopic (exact) mass is 303 g/mol. The first-order chi connectivity index (χ1) is 10.7. The van der Waals surface area contributed by atoms with E-state index >= 15 is 0 Å². The van der Waals surface area contributed by atoms with Gasteiger partial charge in [0.15, 0.2) is 11.5 Å². The first-order valence-corrected chi connectivity index (χ1v) is 7.49. The van der Waals surface area contributed by atoms with Crippen molar-refractivity contribution in [1.82, 2.24) is 5.32 Å². The lowest BCUT2D eigenvalue weighted by Gasteiger charge is -2.39. The van der Waals surface area contributed by atoms with Crippen LogP contribution in [0.2, 0.25) is 0 Å². The number of methoxy groups -OCH3 is 3. The molecule has 1 unspecified atom stereocenters. The van der Waals surface area contributed by atoms with Gasteiger partial charge in [-0.2, -0.15) is 0 Å². The molecular weight excluding hydrogens is 278 g/mol. The molecule has 4 nitrogen and oxygen atoms in total. The molecule has 1 fully saturated rings. The van der Waals surface area contributed by atoms with Crippen LogP contribution < -0.4 is 14.8 Å². The molecule has 1 atom stereocenters.